The van der Waals surface area contributed by atoms with E-state index in [0.29, 0.717) is 16.8 Å². The van der Waals surface area contributed by atoms with Crippen LogP contribution in [-0.4, -0.2) is 28.9 Å². The number of carbonyl (C=O) groups is 1. The Kier molecular flexibility index (Phi) is 4.17. The van der Waals surface area contributed by atoms with Crippen molar-refractivity contribution in [3.8, 4) is 0 Å². The Labute approximate surface area is 164 Å². The van der Waals surface area contributed by atoms with Gasteiger partial charge in [-0.3, -0.25) is 4.79 Å². The third kappa shape index (κ3) is 3.03. The average Bonchev–Trinajstić information content (AvgIpc) is 3.32. The van der Waals surface area contributed by atoms with Crippen molar-refractivity contribution >= 4 is 48.9 Å². The van der Waals surface area contributed by atoms with Crippen LogP contribution in [0.25, 0.3) is 20.3 Å². The lowest BCUT2D eigenvalue weighted by Crippen LogP contribution is -2.38. The number of halogens is 1. The number of amides is 1. The lowest BCUT2D eigenvalue weighted by Gasteiger charge is -2.31. The van der Waals surface area contributed by atoms with E-state index in [-0.39, 0.29) is 17.6 Å². The summed E-state index contributed by atoms with van der Waals surface area (Å²) in [5.41, 5.74) is 1.03. The molecule has 1 saturated heterocycles. The van der Waals surface area contributed by atoms with E-state index in [9.17, 15) is 9.18 Å². The Morgan fingerprint density at radius 3 is 2.81 bits per heavy atom. The minimum Gasteiger partial charge on any atom is -0.337 e. The minimum absolute atomic E-state index is 0.00131. The normalized spacial score (nSPS) is 17.7. The molecule has 1 atom stereocenters. The first-order chi connectivity index (χ1) is 13.2. The lowest BCUT2D eigenvalue weighted by molar-refractivity contribution is 0.0712. The monoisotopic (exact) mass is 396 g/mol. The third-order valence-electron chi connectivity index (χ3n) is 5.09. The summed E-state index contributed by atoms with van der Waals surface area (Å²) in [5, 5.41) is 1.64. The van der Waals surface area contributed by atoms with Gasteiger partial charge in [-0.1, -0.05) is 18.2 Å². The lowest BCUT2D eigenvalue weighted by atomic mass is 9.98. The summed E-state index contributed by atoms with van der Waals surface area (Å²) < 4.78 is 16.0. The van der Waals surface area contributed by atoms with Crippen LogP contribution in [0, 0.1) is 5.82 Å². The first-order valence-corrected chi connectivity index (χ1v) is 10.6. The molecule has 3 nitrogen and oxygen atoms in total. The predicted molar refractivity (Wildman–Crippen MR) is 109 cm³/mol. The number of para-hydroxylation sites is 1. The van der Waals surface area contributed by atoms with Gasteiger partial charge in [0.2, 0.25) is 0 Å². The SMILES string of the molecule is O=C(c1cc2c(F)cccc2s1)N1CCC[C@@H](c2nc3ccccc3s2)C1. The Morgan fingerprint density at radius 2 is 1.96 bits per heavy atom. The van der Waals surface area contributed by atoms with E-state index in [1.165, 1.54) is 22.1 Å². The summed E-state index contributed by atoms with van der Waals surface area (Å²) in [6.45, 7) is 1.42. The van der Waals surface area contributed by atoms with Crippen molar-refractivity contribution in [2.75, 3.05) is 13.1 Å². The number of rotatable bonds is 2. The van der Waals surface area contributed by atoms with Crippen molar-refractivity contribution in [1.29, 1.82) is 0 Å². The van der Waals surface area contributed by atoms with Gasteiger partial charge in [-0.2, -0.15) is 0 Å². The number of aromatic nitrogens is 1. The molecule has 2 aromatic carbocycles. The Morgan fingerprint density at radius 1 is 1.11 bits per heavy atom. The van der Waals surface area contributed by atoms with Crippen molar-refractivity contribution in [3.63, 3.8) is 0 Å². The van der Waals surface area contributed by atoms with E-state index >= 15 is 0 Å². The first kappa shape index (κ1) is 16.8. The molecular weight excluding hydrogens is 379 g/mol. The minimum atomic E-state index is -0.270. The molecule has 136 valence electrons. The average molecular weight is 397 g/mol. The summed E-state index contributed by atoms with van der Waals surface area (Å²) in [4.78, 5) is 20.3. The second-order valence-corrected chi connectivity index (χ2v) is 9.02. The van der Waals surface area contributed by atoms with Crippen molar-refractivity contribution in [3.05, 3.63) is 64.2 Å². The standard InChI is InChI=1S/C21H17FN2OS2/c22-15-6-3-9-17-14(15)11-19(26-17)21(25)24-10-4-5-13(12-24)20-23-16-7-1-2-8-18(16)27-20/h1-3,6-9,11,13H,4-5,10,12H2/t13-/m1/s1. The van der Waals surface area contributed by atoms with Crippen LogP contribution < -0.4 is 0 Å². The number of piperidine rings is 1. The molecule has 0 aliphatic carbocycles. The van der Waals surface area contributed by atoms with Crippen LogP contribution in [0.2, 0.25) is 0 Å². The fourth-order valence-electron chi connectivity index (χ4n) is 3.71. The molecule has 3 heterocycles. The van der Waals surface area contributed by atoms with Gasteiger partial charge >= 0.3 is 0 Å². The van der Waals surface area contributed by atoms with Gasteiger partial charge in [0.15, 0.2) is 0 Å². The Hall–Kier alpha value is -2.31. The maximum Gasteiger partial charge on any atom is 0.263 e. The highest BCUT2D eigenvalue weighted by Gasteiger charge is 2.28. The number of nitrogens with zero attached hydrogens (tertiary/aromatic N) is 2. The van der Waals surface area contributed by atoms with E-state index < -0.39 is 0 Å². The summed E-state index contributed by atoms with van der Waals surface area (Å²) in [5.74, 6) is 0.00132. The number of hydrogen-bond acceptors (Lipinski definition) is 4. The van der Waals surface area contributed by atoms with E-state index in [2.05, 4.69) is 6.07 Å². The van der Waals surface area contributed by atoms with Crippen molar-refractivity contribution in [2.24, 2.45) is 0 Å². The largest absolute Gasteiger partial charge is 0.337 e. The first-order valence-electron chi connectivity index (χ1n) is 9.02. The quantitative estimate of drug-likeness (QED) is 0.437. The molecule has 0 bridgehead atoms. The third-order valence-corrected chi connectivity index (χ3v) is 7.37. The molecule has 0 unspecified atom stereocenters. The molecule has 6 heteroatoms. The van der Waals surface area contributed by atoms with Crippen molar-refractivity contribution < 1.29 is 9.18 Å². The molecule has 5 rings (SSSR count). The second-order valence-electron chi connectivity index (χ2n) is 6.87. The summed E-state index contributed by atoms with van der Waals surface area (Å²) in [6, 6.07) is 14.8. The van der Waals surface area contributed by atoms with Crippen molar-refractivity contribution in [1.82, 2.24) is 9.88 Å². The zero-order valence-corrected chi connectivity index (χ0v) is 16.2. The molecule has 0 radical (unpaired) electrons. The smallest absolute Gasteiger partial charge is 0.263 e. The molecule has 1 aliphatic heterocycles. The highest BCUT2D eigenvalue weighted by Crippen LogP contribution is 2.34. The number of carbonyl (C=O) groups excluding carboxylic acids is 1. The van der Waals surface area contributed by atoms with Gasteiger partial charge in [0, 0.05) is 29.1 Å². The number of benzene rings is 2. The van der Waals surface area contributed by atoms with Gasteiger partial charge in [-0.25, -0.2) is 9.37 Å². The van der Waals surface area contributed by atoms with Gasteiger partial charge in [-0.05, 0) is 43.2 Å². The van der Waals surface area contributed by atoms with Crippen LogP contribution in [-0.2, 0) is 0 Å². The predicted octanol–water partition coefficient (Wildman–Crippen LogP) is 5.67. The molecular formula is C21H17FN2OS2. The fourth-order valence-corrected chi connectivity index (χ4v) is 5.85. The zero-order valence-electron chi connectivity index (χ0n) is 14.5. The number of likely N-dealkylation sites (tertiary alicyclic amines) is 1. The van der Waals surface area contributed by atoms with E-state index in [1.807, 2.05) is 29.2 Å². The number of hydrogen-bond donors (Lipinski definition) is 0. The summed E-state index contributed by atoms with van der Waals surface area (Å²) >= 11 is 3.09. The molecule has 1 amide bonds. The molecule has 1 fully saturated rings. The van der Waals surface area contributed by atoms with Crippen LogP contribution >= 0.6 is 22.7 Å². The number of fused-ring (bicyclic) bond motifs is 2. The maximum atomic E-state index is 14.0. The van der Waals surface area contributed by atoms with E-state index in [0.717, 1.165) is 34.6 Å². The summed E-state index contributed by atoms with van der Waals surface area (Å²) in [6.07, 6.45) is 2.01. The van der Waals surface area contributed by atoms with Gasteiger partial charge < -0.3 is 4.90 Å². The zero-order chi connectivity index (χ0) is 18.4. The molecule has 0 N–H and O–H groups in total. The maximum absolute atomic E-state index is 14.0. The fraction of sp³-hybridized carbons (Fsp3) is 0.238. The van der Waals surface area contributed by atoms with Crippen molar-refractivity contribution in [2.45, 2.75) is 18.8 Å². The van der Waals surface area contributed by atoms with E-state index in [1.54, 1.807) is 23.5 Å². The Bertz CT molecular complexity index is 1120. The van der Waals surface area contributed by atoms with Gasteiger partial charge in [-0.15, -0.1) is 22.7 Å². The van der Waals surface area contributed by atoms with Gasteiger partial charge in [0.05, 0.1) is 20.1 Å². The van der Waals surface area contributed by atoms with E-state index in [4.69, 9.17) is 4.98 Å². The molecule has 4 aromatic rings. The van der Waals surface area contributed by atoms with Crippen LogP contribution in [0.3, 0.4) is 0 Å². The highest BCUT2D eigenvalue weighted by molar-refractivity contribution is 7.20. The summed E-state index contributed by atoms with van der Waals surface area (Å²) in [7, 11) is 0. The van der Waals surface area contributed by atoms with Gasteiger partial charge in [0.1, 0.15) is 5.82 Å². The highest BCUT2D eigenvalue weighted by atomic mass is 32.1. The number of thiazole rings is 1. The Balaban J connectivity index is 1.41. The molecule has 1 aliphatic rings. The molecule has 0 saturated carbocycles. The topological polar surface area (TPSA) is 33.2 Å². The molecule has 2 aromatic heterocycles. The number of thiophene rings is 1. The van der Waals surface area contributed by atoms with Crippen LogP contribution in [0.4, 0.5) is 4.39 Å². The van der Waals surface area contributed by atoms with Crippen LogP contribution in [0.1, 0.15) is 33.4 Å². The van der Waals surface area contributed by atoms with Gasteiger partial charge in [0.25, 0.3) is 5.91 Å². The molecule has 0 spiro atoms. The molecule has 27 heavy (non-hydrogen) atoms. The van der Waals surface area contributed by atoms with Crippen LogP contribution in [0.5, 0.6) is 0 Å². The second kappa shape index (κ2) is 6.69. The van der Waals surface area contributed by atoms with Crippen LogP contribution in [0.15, 0.2) is 48.5 Å².